The largest absolute Gasteiger partial charge is 0.423 e. The lowest BCUT2D eigenvalue weighted by Crippen LogP contribution is -2.42. The first-order chi connectivity index (χ1) is 13.8. The number of hydrogen-bond acceptors (Lipinski definition) is 7. The lowest BCUT2D eigenvalue weighted by molar-refractivity contribution is 0.348. The van der Waals surface area contributed by atoms with Crippen LogP contribution < -0.4 is 26.6 Å². The van der Waals surface area contributed by atoms with Gasteiger partial charge in [-0.25, -0.2) is 4.79 Å². The van der Waals surface area contributed by atoms with Gasteiger partial charge in [-0.05, 0) is 17.7 Å². The van der Waals surface area contributed by atoms with E-state index < -0.39 is 17.2 Å². The Morgan fingerprint density at radius 1 is 1.17 bits per heavy atom. The molecule has 0 saturated carbocycles. The molecular weight excluding hydrogens is 372 g/mol. The molecular formula is C20H20N6O3. The molecule has 0 fully saturated rings. The van der Waals surface area contributed by atoms with Gasteiger partial charge in [0.2, 0.25) is 11.8 Å². The molecule has 0 spiro atoms. The molecule has 1 aliphatic rings. The molecule has 1 aliphatic heterocycles. The van der Waals surface area contributed by atoms with E-state index in [1.165, 1.54) is 18.7 Å². The Balaban J connectivity index is 2.17. The van der Waals surface area contributed by atoms with E-state index in [1.54, 1.807) is 12.1 Å². The fourth-order valence-corrected chi connectivity index (χ4v) is 3.39. The molecule has 0 radical (unpaired) electrons. The molecule has 9 nitrogen and oxygen atoms in total. The van der Waals surface area contributed by atoms with Gasteiger partial charge in [-0.3, -0.25) is 13.9 Å². The molecule has 1 atom stereocenters. The lowest BCUT2D eigenvalue weighted by Gasteiger charge is -2.27. The second-order valence-corrected chi connectivity index (χ2v) is 6.77. The Labute approximate surface area is 167 Å². The van der Waals surface area contributed by atoms with E-state index in [0.29, 0.717) is 18.5 Å². The van der Waals surface area contributed by atoms with Gasteiger partial charge in [-0.1, -0.05) is 12.1 Å². The van der Waals surface area contributed by atoms with Crippen LogP contribution in [-0.4, -0.2) is 22.7 Å². The van der Waals surface area contributed by atoms with E-state index in [2.05, 4.69) is 6.07 Å². The molecule has 0 aliphatic carbocycles. The smallest absolute Gasteiger partial charge is 0.333 e. The number of hydrogen-bond donors (Lipinski definition) is 1. The maximum absolute atomic E-state index is 12.9. The summed E-state index contributed by atoms with van der Waals surface area (Å²) in [5.74, 6) is -0.856. The van der Waals surface area contributed by atoms with Crippen molar-refractivity contribution in [3.05, 3.63) is 67.7 Å². The highest BCUT2D eigenvalue weighted by Gasteiger charge is 2.35. The van der Waals surface area contributed by atoms with Gasteiger partial charge in [0.05, 0.1) is 24.0 Å². The van der Waals surface area contributed by atoms with Gasteiger partial charge < -0.3 is 15.4 Å². The van der Waals surface area contributed by atoms with Gasteiger partial charge >= 0.3 is 5.69 Å². The van der Waals surface area contributed by atoms with Crippen molar-refractivity contribution < 1.29 is 4.74 Å². The van der Waals surface area contributed by atoms with E-state index in [4.69, 9.17) is 15.7 Å². The molecule has 1 aromatic heterocycles. The Morgan fingerprint density at radius 2 is 1.83 bits per heavy atom. The molecule has 1 aromatic carbocycles. The highest BCUT2D eigenvalue weighted by molar-refractivity contribution is 5.56. The van der Waals surface area contributed by atoms with Crippen LogP contribution in [0.1, 0.15) is 23.5 Å². The zero-order chi connectivity index (χ0) is 21.3. The number of nitrogens with zero attached hydrogens (tertiary/aromatic N) is 5. The van der Waals surface area contributed by atoms with Crippen LogP contribution in [0.2, 0.25) is 0 Å². The Kier molecular flexibility index (Phi) is 5.16. The number of anilines is 1. The van der Waals surface area contributed by atoms with Crippen LogP contribution in [0.5, 0.6) is 5.88 Å². The van der Waals surface area contributed by atoms with Crippen molar-refractivity contribution in [3.63, 3.8) is 0 Å². The van der Waals surface area contributed by atoms with Crippen molar-refractivity contribution in [1.82, 2.24) is 9.13 Å². The van der Waals surface area contributed by atoms with Crippen LogP contribution in [0.15, 0.2) is 45.3 Å². The molecule has 2 N–H and O–H groups in total. The predicted octanol–water partition coefficient (Wildman–Crippen LogP) is 0.652. The predicted molar refractivity (Wildman–Crippen MR) is 106 cm³/mol. The summed E-state index contributed by atoms with van der Waals surface area (Å²) >= 11 is 0. The van der Waals surface area contributed by atoms with Crippen LogP contribution in [-0.2, 0) is 14.1 Å². The highest BCUT2D eigenvalue weighted by Crippen LogP contribution is 2.39. The third-order valence-corrected chi connectivity index (χ3v) is 5.04. The lowest BCUT2D eigenvalue weighted by atomic mass is 9.85. The fourth-order valence-electron chi connectivity index (χ4n) is 3.39. The second-order valence-electron chi connectivity index (χ2n) is 6.77. The quantitative estimate of drug-likeness (QED) is 0.808. The Hall–Kier alpha value is -3.98. The molecule has 29 heavy (non-hydrogen) atoms. The molecule has 2 aromatic rings. The van der Waals surface area contributed by atoms with Crippen LogP contribution in [0.25, 0.3) is 0 Å². The topological polar surface area (TPSA) is 130 Å². The molecule has 0 saturated heterocycles. The number of aromatic nitrogens is 2. The van der Waals surface area contributed by atoms with Crippen molar-refractivity contribution in [2.45, 2.75) is 12.3 Å². The van der Waals surface area contributed by atoms with Gasteiger partial charge in [0.15, 0.2) is 0 Å². The number of benzene rings is 1. The normalized spacial score (nSPS) is 15.1. The molecule has 0 amide bonds. The summed E-state index contributed by atoms with van der Waals surface area (Å²) in [6, 6.07) is 11.4. The molecule has 2 heterocycles. The van der Waals surface area contributed by atoms with E-state index >= 15 is 0 Å². The summed E-state index contributed by atoms with van der Waals surface area (Å²) in [5.41, 5.74) is 6.71. The fraction of sp³-hybridized carbons (Fsp3) is 0.300. The van der Waals surface area contributed by atoms with Crippen molar-refractivity contribution >= 4 is 5.69 Å². The minimum atomic E-state index is -0.757. The first kappa shape index (κ1) is 19.8. The molecule has 148 valence electrons. The zero-order valence-corrected chi connectivity index (χ0v) is 16.3. The van der Waals surface area contributed by atoms with Crippen molar-refractivity contribution in [2.75, 3.05) is 18.5 Å². The summed E-state index contributed by atoms with van der Waals surface area (Å²) in [5, 5.41) is 18.4. The molecule has 3 rings (SSSR count). The second kappa shape index (κ2) is 7.56. The standard InChI is InChI=1S/C20H20N6O3/c1-24(10-4-9-21)13-7-5-12(6-8-13)15-14(11-22)17(23)29-19-16(15)18(27)25(2)20(28)26(19)3/h5-8,15H,4,10,23H2,1-3H3/t15-/m0/s1. The van der Waals surface area contributed by atoms with Gasteiger partial charge in [0.25, 0.3) is 5.56 Å². The maximum atomic E-state index is 12.9. The van der Waals surface area contributed by atoms with Crippen LogP contribution >= 0.6 is 0 Å². The summed E-state index contributed by atoms with van der Waals surface area (Å²) in [4.78, 5) is 27.1. The highest BCUT2D eigenvalue weighted by atomic mass is 16.5. The third-order valence-electron chi connectivity index (χ3n) is 5.04. The van der Waals surface area contributed by atoms with E-state index in [-0.39, 0.29) is 22.9 Å². The maximum Gasteiger partial charge on any atom is 0.333 e. The summed E-state index contributed by atoms with van der Waals surface area (Å²) in [6.07, 6.45) is 0.396. The Bertz CT molecular complexity index is 1190. The van der Waals surface area contributed by atoms with E-state index in [1.807, 2.05) is 30.1 Å². The van der Waals surface area contributed by atoms with Crippen molar-refractivity contribution in [2.24, 2.45) is 19.8 Å². The number of fused-ring (bicyclic) bond motifs is 1. The Morgan fingerprint density at radius 3 is 2.41 bits per heavy atom. The number of rotatable bonds is 4. The summed E-state index contributed by atoms with van der Waals surface area (Å²) in [6.45, 7) is 0.578. The van der Waals surface area contributed by atoms with Crippen LogP contribution in [0, 0.1) is 22.7 Å². The number of nitriles is 2. The first-order valence-corrected chi connectivity index (χ1v) is 8.87. The van der Waals surface area contributed by atoms with Crippen molar-refractivity contribution in [1.29, 1.82) is 10.5 Å². The summed E-state index contributed by atoms with van der Waals surface area (Å²) in [7, 11) is 4.73. The van der Waals surface area contributed by atoms with E-state index in [0.717, 1.165) is 10.3 Å². The van der Waals surface area contributed by atoms with Gasteiger partial charge in [-0.15, -0.1) is 0 Å². The molecule has 0 bridgehead atoms. The van der Waals surface area contributed by atoms with Crippen LogP contribution in [0.4, 0.5) is 5.69 Å². The van der Waals surface area contributed by atoms with Gasteiger partial charge in [0.1, 0.15) is 11.6 Å². The minimum Gasteiger partial charge on any atom is -0.423 e. The number of nitrogens with two attached hydrogens (primary N) is 1. The average molecular weight is 392 g/mol. The van der Waals surface area contributed by atoms with Gasteiger partial charge in [-0.2, -0.15) is 10.5 Å². The summed E-state index contributed by atoms with van der Waals surface area (Å²) < 4.78 is 7.67. The number of ether oxygens (including phenoxy) is 1. The first-order valence-electron chi connectivity index (χ1n) is 8.87. The third kappa shape index (κ3) is 3.23. The van der Waals surface area contributed by atoms with Crippen molar-refractivity contribution in [3.8, 4) is 18.0 Å². The SMILES string of the molecule is CN(CCC#N)c1ccc([C@H]2C(C#N)=C(N)Oc3c2c(=O)n(C)c(=O)n3C)cc1. The monoisotopic (exact) mass is 392 g/mol. The van der Waals surface area contributed by atoms with Gasteiger partial charge in [0, 0.05) is 33.4 Å². The van der Waals surface area contributed by atoms with Crippen LogP contribution in [0.3, 0.4) is 0 Å². The van der Waals surface area contributed by atoms with E-state index in [9.17, 15) is 14.9 Å². The zero-order valence-electron chi connectivity index (χ0n) is 16.3. The molecule has 0 unspecified atom stereocenters. The molecule has 9 heteroatoms. The number of allylic oxidation sites excluding steroid dienone is 1. The minimum absolute atomic E-state index is 0.0369. The average Bonchev–Trinajstić information content (AvgIpc) is 2.73.